The molecule has 0 radical (unpaired) electrons. The van der Waals surface area contributed by atoms with E-state index in [1.165, 1.54) is 0 Å². The van der Waals surface area contributed by atoms with Gasteiger partial charge in [0.05, 0.1) is 5.75 Å². The van der Waals surface area contributed by atoms with Gasteiger partial charge in [-0.15, -0.1) is 0 Å². The minimum absolute atomic E-state index is 0.0584. The zero-order valence-corrected chi connectivity index (χ0v) is 16.8. The van der Waals surface area contributed by atoms with E-state index in [-0.39, 0.29) is 17.9 Å². The highest BCUT2D eigenvalue weighted by Gasteiger charge is 2.31. The summed E-state index contributed by atoms with van der Waals surface area (Å²) in [4.78, 5) is 16.3. The van der Waals surface area contributed by atoms with Crippen molar-refractivity contribution < 1.29 is 17.9 Å². The number of carbonyl (C=O) groups excluding carboxylic acids is 1. The molecule has 0 unspecified atom stereocenters. The van der Waals surface area contributed by atoms with E-state index < -0.39 is 15.6 Å². The van der Waals surface area contributed by atoms with Gasteiger partial charge in [-0.1, -0.05) is 0 Å². The maximum atomic E-state index is 12.1. The van der Waals surface area contributed by atoms with Crippen molar-refractivity contribution in [3.63, 3.8) is 0 Å². The molecule has 7 nitrogen and oxygen atoms in total. The number of amides is 1. The standard InChI is InChI=1S/C17H33N3O4S/c1-5-25(22,23)18-15-7-9-19(10-8-15)12-14-6-11-20(13-14)16(21)24-17(2,3)4/h14-15,18H,5-13H2,1-4H3/t14-/m1/s1. The van der Waals surface area contributed by atoms with Gasteiger partial charge in [-0.3, -0.25) is 0 Å². The van der Waals surface area contributed by atoms with Gasteiger partial charge in [0.15, 0.2) is 0 Å². The van der Waals surface area contributed by atoms with Crippen LogP contribution in [-0.4, -0.2) is 74.4 Å². The minimum Gasteiger partial charge on any atom is -0.444 e. The molecule has 1 N–H and O–H groups in total. The number of ether oxygens (including phenoxy) is 1. The molecule has 2 saturated heterocycles. The number of likely N-dealkylation sites (tertiary alicyclic amines) is 2. The van der Waals surface area contributed by atoms with Gasteiger partial charge in [-0.25, -0.2) is 17.9 Å². The van der Waals surface area contributed by atoms with Crippen molar-refractivity contribution in [2.24, 2.45) is 5.92 Å². The van der Waals surface area contributed by atoms with Gasteiger partial charge in [-0.2, -0.15) is 0 Å². The Kier molecular flexibility index (Phi) is 6.73. The lowest BCUT2D eigenvalue weighted by molar-refractivity contribution is 0.0284. The lowest BCUT2D eigenvalue weighted by atomic mass is 10.0. The lowest BCUT2D eigenvalue weighted by Crippen LogP contribution is -2.46. The van der Waals surface area contributed by atoms with Crippen molar-refractivity contribution in [1.29, 1.82) is 0 Å². The van der Waals surface area contributed by atoms with Crippen LogP contribution in [0.4, 0.5) is 4.79 Å². The molecule has 2 aliphatic rings. The summed E-state index contributed by atoms with van der Waals surface area (Å²) in [5, 5.41) is 0. The van der Waals surface area contributed by atoms with Gasteiger partial charge >= 0.3 is 6.09 Å². The van der Waals surface area contributed by atoms with Crippen LogP contribution in [0.15, 0.2) is 0 Å². The molecule has 0 bridgehead atoms. The van der Waals surface area contributed by atoms with Crippen LogP contribution < -0.4 is 4.72 Å². The van der Waals surface area contributed by atoms with E-state index in [9.17, 15) is 13.2 Å². The number of nitrogens with one attached hydrogen (secondary N) is 1. The van der Waals surface area contributed by atoms with Crippen molar-refractivity contribution in [1.82, 2.24) is 14.5 Å². The maximum absolute atomic E-state index is 12.1. The maximum Gasteiger partial charge on any atom is 0.410 e. The predicted octanol–water partition coefficient (Wildman–Crippen LogP) is 1.65. The molecule has 0 spiro atoms. The van der Waals surface area contributed by atoms with Crippen LogP contribution in [0.1, 0.15) is 47.0 Å². The van der Waals surface area contributed by atoms with E-state index in [1.54, 1.807) is 11.8 Å². The van der Waals surface area contributed by atoms with Gasteiger partial charge in [0.25, 0.3) is 0 Å². The first kappa shape index (κ1) is 20.5. The molecular formula is C17H33N3O4S. The van der Waals surface area contributed by atoms with E-state index in [4.69, 9.17) is 4.74 Å². The molecule has 0 aromatic carbocycles. The number of sulfonamides is 1. The second-order valence-electron chi connectivity index (χ2n) is 8.18. The van der Waals surface area contributed by atoms with Crippen LogP contribution >= 0.6 is 0 Å². The summed E-state index contributed by atoms with van der Waals surface area (Å²) in [6.07, 6.45) is 2.48. The summed E-state index contributed by atoms with van der Waals surface area (Å²) in [5.74, 6) is 0.604. The molecule has 2 fully saturated rings. The quantitative estimate of drug-likeness (QED) is 0.790. The summed E-state index contributed by atoms with van der Waals surface area (Å²) in [6, 6.07) is 0.0584. The molecule has 2 heterocycles. The van der Waals surface area contributed by atoms with Crippen LogP contribution in [0.25, 0.3) is 0 Å². The van der Waals surface area contributed by atoms with Crippen molar-refractivity contribution in [3.05, 3.63) is 0 Å². The fourth-order valence-corrected chi connectivity index (χ4v) is 4.32. The molecule has 0 saturated carbocycles. The second-order valence-corrected chi connectivity index (χ2v) is 10.2. The molecule has 1 atom stereocenters. The molecular weight excluding hydrogens is 342 g/mol. The summed E-state index contributed by atoms with van der Waals surface area (Å²) in [7, 11) is -3.12. The normalized spacial score (nSPS) is 23.8. The lowest BCUT2D eigenvalue weighted by Gasteiger charge is -2.33. The molecule has 8 heteroatoms. The molecule has 1 amide bonds. The summed E-state index contributed by atoms with van der Waals surface area (Å²) < 4.78 is 31.5. The number of rotatable bonds is 5. The third-order valence-corrected chi connectivity index (χ3v) is 6.22. The van der Waals surface area contributed by atoms with E-state index >= 15 is 0 Å². The Morgan fingerprint density at radius 2 is 1.80 bits per heavy atom. The summed E-state index contributed by atoms with van der Waals surface area (Å²) >= 11 is 0. The van der Waals surface area contributed by atoms with Crippen molar-refractivity contribution >= 4 is 16.1 Å². The Balaban J connectivity index is 1.72. The number of piperidine rings is 1. The van der Waals surface area contributed by atoms with Gasteiger partial charge in [-0.05, 0) is 66.0 Å². The molecule has 0 aromatic heterocycles. The highest BCUT2D eigenvalue weighted by molar-refractivity contribution is 7.89. The predicted molar refractivity (Wildman–Crippen MR) is 98.0 cm³/mol. The smallest absolute Gasteiger partial charge is 0.410 e. The first-order valence-corrected chi connectivity index (χ1v) is 10.9. The zero-order chi connectivity index (χ0) is 18.7. The fourth-order valence-electron chi connectivity index (χ4n) is 3.41. The Morgan fingerprint density at radius 3 is 2.36 bits per heavy atom. The van der Waals surface area contributed by atoms with E-state index in [2.05, 4.69) is 9.62 Å². The van der Waals surface area contributed by atoms with Crippen molar-refractivity contribution in [3.8, 4) is 0 Å². The number of hydrogen-bond donors (Lipinski definition) is 1. The second kappa shape index (κ2) is 8.22. The van der Waals surface area contributed by atoms with E-state index in [1.807, 2.05) is 20.8 Å². The topological polar surface area (TPSA) is 79.0 Å². The molecule has 25 heavy (non-hydrogen) atoms. The molecule has 0 aromatic rings. The molecule has 2 rings (SSSR count). The first-order valence-electron chi connectivity index (χ1n) is 9.28. The van der Waals surface area contributed by atoms with Gasteiger partial charge < -0.3 is 14.5 Å². The van der Waals surface area contributed by atoms with Gasteiger partial charge in [0.1, 0.15) is 5.60 Å². The fraction of sp³-hybridized carbons (Fsp3) is 0.941. The third kappa shape index (κ3) is 6.75. The Morgan fingerprint density at radius 1 is 1.16 bits per heavy atom. The molecule has 146 valence electrons. The van der Waals surface area contributed by atoms with Gasteiger partial charge in [0.2, 0.25) is 10.0 Å². The zero-order valence-electron chi connectivity index (χ0n) is 16.0. The van der Waals surface area contributed by atoms with Crippen molar-refractivity contribution in [2.45, 2.75) is 58.6 Å². The minimum atomic E-state index is -3.12. The van der Waals surface area contributed by atoms with E-state index in [0.29, 0.717) is 5.92 Å². The largest absolute Gasteiger partial charge is 0.444 e. The van der Waals surface area contributed by atoms with E-state index in [0.717, 1.165) is 52.0 Å². The first-order chi connectivity index (χ1) is 11.6. The van der Waals surface area contributed by atoms with Crippen LogP contribution in [0, 0.1) is 5.92 Å². The SMILES string of the molecule is CCS(=O)(=O)NC1CCN(C[C@H]2CCN(C(=O)OC(C)(C)C)C2)CC1. The summed E-state index contributed by atoms with van der Waals surface area (Å²) in [6.45, 7) is 11.6. The van der Waals surface area contributed by atoms with Crippen LogP contribution in [0.3, 0.4) is 0 Å². The Labute approximate surface area is 152 Å². The third-order valence-electron chi connectivity index (χ3n) is 4.77. The monoisotopic (exact) mass is 375 g/mol. The van der Waals surface area contributed by atoms with Crippen LogP contribution in [-0.2, 0) is 14.8 Å². The van der Waals surface area contributed by atoms with Crippen LogP contribution in [0.2, 0.25) is 0 Å². The Bertz CT molecular complexity index is 551. The molecule has 2 aliphatic heterocycles. The average Bonchev–Trinajstić information content (AvgIpc) is 2.96. The van der Waals surface area contributed by atoms with Gasteiger partial charge in [0, 0.05) is 25.7 Å². The van der Waals surface area contributed by atoms with Crippen molar-refractivity contribution in [2.75, 3.05) is 38.5 Å². The summed E-state index contributed by atoms with van der Waals surface area (Å²) in [5.41, 5.74) is -0.455. The number of nitrogens with zero attached hydrogens (tertiary/aromatic N) is 2. The highest BCUT2D eigenvalue weighted by atomic mass is 32.2. The Hall–Kier alpha value is -0.860. The molecule has 0 aliphatic carbocycles. The number of hydrogen-bond acceptors (Lipinski definition) is 5. The highest BCUT2D eigenvalue weighted by Crippen LogP contribution is 2.22. The van der Waals surface area contributed by atoms with Crippen LogP contribution in [0.5, 0.6) is 0 Å². The number of carbonyl (C=O) groups is 1. The average molecular weight is 376 g/mol.